The van der Waals surface area contributed by atoms with Gasteiger partial charge < -0.3 is 13.7 Å². The Labute approximate surface area is 170 Å². The first-order valence-electron chi connectivity index (χ1n) is 10.1. The van der Waals surface area contributed by atoms with E-state index in [-0.39, 0.29) is 0 Å². The molecule has 148 valence electrons. The zero-order valence-corrected chi connectivity index (χ0v) is 17.1. The van der Waals surface area contributed by atoms with Crippen LogP contribution in [0.15, 0.2) is 59.1 Å². The molecule has 0 saturated heterocycles. The average molecular weight is 387 g/mol. The van der Waals surface area contributed by atoms with E-state index in [9.17, 15) is 0 Å². The molecule has 5 rings (SSSR count). The molecule has 5 heteroatoms. The van der Waals surface area contributed by atoms with Gasteiger partial charge in [-0.15, -0.1) is 0 Å². The van der Waals surface area contributed by atoms with Crippen LogP contribution in [0.4, 0.5) is 0 Å². The average Bonchev–Trinajstić information content (AvgIpc) is 3.36. The van der Waals surface area contributed by atoms with Crippen molar-refractivity contribution in [3.05, 3.63) is 71.9 Å². The summed E-state index contributed by atoms with van der Waals surface area (Å²) in [6.45, 7) is 7.08. The second-order valence-corrected chi connectivity index (χ2v) is 7.66. The molecular formula is C24H25N3O2. The Kier molecular flexibility index (Phi) is 4.40. The van der Waals surface area contributed by atoms with Gasteiger partial charge in [0.25, 0.3) is 0 Å². The summed E-state index contributed by atoms with van der Waals surface area (Å²) in [6.07, 6.45) is 2.16. The van der Waals surface area contributed by atoms with Crippen molar-refractivity contribution in [2.45, 2.75) is 33.0 Å². The Morgan fingerprint density at radius 3 is 2.72 bits per heavy atom. The number of nitrogens with zero attached hydrogens (tertiary/aromatic N) is 3. The predicted molar refractivity (Wildman–Crippen MR) is 114 cm³/mol. The topological polar surface area (TPSA) is 43.4 Å². The number of oxazole rings is 1. The molecule has 1 atom stereocenters. The van der Waals surface area contributed by atoms with Crippen LogP contribution in [0.1, 0.15) is 30.1 Å². The molecule has 0 radical (unpaired) electrons. The van der Waals surface area contributed by atoms with Crippen molar-refractivity contribution in [1.82, 2.24) is 14.5 Å². The fraction of sp³-hybridized carbons (Fsp3) is 0.292. The third-order valence-electron chi connectivity index (χ3n) is 6.05. The summed E-state index contributed by atoms with van der Waals surface area (Å²) >= 11 is 0. The van der Waals surface area contributed by atoms with E-state index in [1.807, 2.05) is 31.2 Å². The van der Waals surface area contributed by atoms with E-state index < -0.39 is 0 Å². The maximum Gasteiger partial charge on any atom is 0.227 e. The van der Waals surface area contributed by atoms with Crippen molar-refractivity contribution in [3.8, 4) is 17.2 Å². The summed E-state index contributed by atoms with van der Waals surface area (Å²) in [5, 5.41) is 2.15. The molecule has 0 amide bonds. The molecule has 29 heavy (non-hydrogen) atoms. The normalized spacial score (nSPS) is 16.9. The lowest BCUT2D eigenvalue weighted by molar-refractivity contribution is 0.158. The molecule has 0 spiro atoms. The highest BCUT2D eigenvalue weighted by Gasteiger charge is 2.25. The third-order valence-corrected chi connectivity index (χ3v) is 6.05. The number of ether oxygens (including phenoxy) is 1. The van der Waals surface area contributed by atoms with Gasteiger partial charge in [-0.3, -0.25) is 4.90 Å². The minimum absolute atomic E-state index is 0.361. The molecule has 5 nitrogen and oxygen atoms in total. The Balaban J connectivity index is 1.48. The number of hydrogen-bond donors (Lipinski definition) is 0. The van der Waals surface area contributed by atoms with Crippen LogP contribution in [0.25, 0.3) is 22.2 Å². The number of methoxy groups -OCH3 is 1. The van der Waals surface area contributed by atoms with E-state index >= 15 is 0 Å². The van der Waals surface area contributed by atoms with Gasteiger partial charge in [0.05, 0.1) is 12.8 Å². The van der Waals surface area contributed by atoms with Crippen LogP contribution in [0.3, 0.4) is 0 Å². The van der Waals surface area contributed by atoms with Gasteiger partial charge in [0.2, 0.25) is 5.89 Å². The van der Waals surface area contributed by atoms with Crippen molar-refractivity contribution in [3.63, 3.8) is 0 Å². The Hall–Kier alpha value is -3.05. The highest BCUT2D eigenvalue weighted by atomic mass is 16.5. The first kappa shape index (κ1) is 18.0. The largest absolute Gasteiger partial charge is 0.496 e. The summed E-state index contributed by atoms with van der Waals surface area (Å²) < 4.78 is 14.0. The van der Waals surface area contributed by atoms with Gasteiger partial charge in [-0.1, -0.05) is 24.3 Å². The van der Waals surface area contributed by atoms with Crippen LogP contribution in [0.2, 0.25) is 0 Å². The van der Waals surface area contributed by atoms with Crippen LogP contribution in [-0.4, -0.2) is 28.1 Å². The maximum atomic E-state index is 6.13. The molecule has 1 aliphatic heterocycles. The Bertz CT molecular complexity index is 1170. The third kappa shape index (κ3) is 3.02. The molecule has 0 saturated carbocycles. The summed E-state index contributed by atoms with van der Waals surface area (Å²) in [4.78, 5) is 7.37. The standard InChI is InChI=1S/C24H25N3O2/c1-16-22-9-6-12-26(22)13-14-27(16)15-21-17(2)29-24(25-21)20-10-11-23(28-3)19-8-5-4-7-18(19)20/h4-12,16H,13-15H2,1-3H3/t16-/m1/s1. The summed E-state index contributed by atoms with van der Waals surface area (Å²) in [5.41, 5.74) is 3.36. The van der Waals surface area contributed by atoms with E-state index in [0.717, 1.165) is 53.2 Å². The molecule has 0 N–H and O–H groups in total. The van der Waals surface area contributed by atoms with Crippen LogP contribution < -0.4 is 4.74 Å². The fourth-order valence-corrected chi connectivity index (χ4v) is 4.36. The Morgan fingerprint density at radius 1 is 1.07 bits per heavy atom. The highest BCUT2D eigenvalue weighted by Crippen LogP contribution is 2.35. The van der Waals surface area contributed by atoms with Gasteiger partial charge in [0, 0.05) is 48.5 Å². The van der Waals surface area contributed by atoms with E-state index in [2.05, 4.69) is 46.9 Å². The Morgan fingerprint density at radius 2 is 1.90 bits per heavy atom. The summed E-state index contributed by atoms with van der Waals surface area (Å²) in [7, 11) is 1.70. The smallest absolute Gasteiger partial charge is 0.227 e. The molecular weight excluding hydrogens is 362 g/mol. The van der Waals surface area contributed by atoms with E-state index in [0.29, 0.717) is 11.9 Å². The number of hydrogen-bond acceptors (Lipinski definition) is 4. The minimum atomic E-state index is 0.361. The van der Waals surface area contributed by atoms with E-state index in [1.165, 1.54) is 5.69 Å². The number of fused-ring (bicyclic) bond motifs is 2. The van der Waals surface area contributed by atoms with Crippen LogP contribution in [0.5, 0.6) is 5.75 Å². The monoisotopic (exact) mass is 387 g/mol. The number of aromatic nitrogens is 2. The summed E-state index contributed by atoms with van der Waals surface area (Å²) in [6, 6.07) is 16.9. The van der Waals surface area contributed by atoms with Gasteiger partial charge in [-0.2, -0.15) is 0 Å². The second kappa shape index (κ2) is 7.08. The molecule has 0 bridgehead atoms. The molecule has 0 fully saturated rings. The number of aryl methyl sites for hydroxylation is 1. The number of rotatable bonds is 4. The molecule has 4 aromatic rings. The first-order chi connectivity index (χ1) is 14.2. The molecule has 0 aliphatic carbocycles. The van der Waals surface area contributed by atoms with Crippen LogP contribution >= 0.6 is 0 Å². The van der Waals surface area contributed by atoms with Gasteiger partial charge in [0.15, 0.2) is 0 Å². The maximum absolute atomic E-state index is 6.13. The van der Waals surface area contributed by atoms with Crippen molar-refractivity contribution in [1.29, 1.82) is 0 Å². The van der Waals surface area contributed by atoms with Crippen LogP contribution in [-0.2, 0) is 13.1 Å². The zero-order chi connectivity index (χ0) is 20.0. The molecule has 2 aromatic carbocycles. The van der Waals surface area contributed by atoms with Gasteiger partial charge >= 0.3 is 0 Å². The lowest BCUT2D eigenvalue weighted by Crippen LogP contribution is -2.36. The van der Waals surface area contributed by atoms with Gasteiger partial charge in [-0.25, -0.2) is 4.98 Å². The lowest BCUT2D eigenvalue weighted by atomic mass is 10.0. The lowest BCUT2D eigenvalue weighted by Gasteiger charge is -2.34. The van der Waals surface area contributed by atoms with E-state index in [1.54, 1.807) is 7.11 Å². The van der Waals surface area contributed by atoms with Crippen LogP contribution in [0, 0.1) is 6.92 Å². The van der Waals surface area contributed by atoms with Gasteiger partial charge in [-0.05, 0) is 43.5 Å². The molecule has 0 unspecified atom stereocenters. The van der Waals surface area contributed by atoms with Crippen molar-refractivity contribution in [2.24, 2.45) is 0 Å². The van der Waals surface area contributed by atoms with Crippen molar-refractivity contribution < 1.29 is 9.15 Å². The van der Waals surface area contributed by atoms with Gasteiger partial charge in [0.1, 0.15) is 11.5 Å². The molecule has 2 aromatic heterocycles. The number of benzene rings is 2. The second-order valence-electron chi connectivity index (χ2n) is 7.66. The fourth-order valence-electron chi connectivity index (χ4n) is 4.36. The quantitative estimate of drug-likeness (QED) is 0.483. The first-order valence-corrected chi connectivity index (χ1v) is 10.1. The molecule has 1 aliphatic rings. The summed E-state index contributed by atoms with van der Waals surface area (Å²) in [5.74, 6) is 2.41. The zero-order valence-electron chi connectivity index (χ0n) is 17.1. The molecule has 3 heterocycles. The van der Waals surface area contributed by atoms with Crippen molar-refractivity contribution >= 4 is 10.8 Å². The van der Waals surface area contributed by atoms with Crippen molar-refractivity contribution in [2.75, 3.05) is 13.7 Å². The predicted octanol–water partition coefficient (Wildman–Crippen LogP) is 5.19. The minimum Gasteiger partial charge on any atom is -0.496 e. The highest BCUT2D eigenvalue weighted by molar-refractivity contribution is 5.98. The SMILES string of the molecule is COc1ccc(-c2nc(CN3CCn4cccc4[C@H]3C)c(C)o2)c2ccccc12. The van der Waals surface area contributed by atoms with E-state index in [4.69, 9.17) is 14.1 Å².